The zero-order chi connectivity index (χ0) is 20.2. The molecule has 0 aliphatic rings. The van der Waals surface area contributed by atoms with Gasteiger partial charge in [0.05, 0.1) is 27.4 Å². The number of amides is 1. The quantitative estimate of drug-likeness (QED) is 0.412. The van der Waals surface area contributed by atoms with Crippen molar-refractivity contribution in [3.8, 4) is 6.07 Å². The van der Waals surface area contributed by atoms with Crippen LogP contribution in [0.25, 0.3) is 10.2 Å². The van der Waals surface area contributed by atoms with Gasteiger partial charge in [-0.05, 0) is 42.0 Å². The highest BCUT2D eigenvalue weighted by atomic mass is 32.2. The highest BCUT2D eigenvalue weighted by Gasteiger charge is 2.12. The summed E-state index contributed by atoms with van der Waals surface area (Å²) in [5, 5.41) is 11.9. The Bertz CT molecular complexity index is 1250. The molecule has 4 nitrogen and oxygen atoms in total. The summed E-state index contributed by atoms with van der Waals surface area (Å²) >= 11 is 3.08. The number of aromatic nitrogens is 1. The van der Waals surface area contributed by atoms with Gasteiger partial charge in [0.2, 0.25) is 0 Å². The van der Waals surface area contributed by atoms with Gasteiger partial charge in [-0.25, -0.2) is 9.37 Å². The number of nitrogens with zero attached hydrogens (tertiary/aromatic N) is 2. The molecule has 1 heterocycles. The molecule has 142 valence electrons. The second-order valence-electron chi connectivity index (χ2n) is 6.15. The van der Waals surface area contributed by atoms with Crippen molar-refractivity contribution < 1.29 is 9.18 Å². The van der Waals surface area contributed by atoms with E-state index in [9.17, 15) is 14.4 Å². The molecule has 7 heteroatoms. The van der Waals surface area contributed by atoms with Crippen LogP contribution in [0.5, 0.6) is 0 Å². The van der Waals surface area contributed by atoms with Crippen molar-refractivity contribution in [3.63, 3.8) is 0 Å². The van der Waals surface area contributed by atoms with Gasteiger partial charge in [-0.2, -0.15) is 5.26 Å². The van der Waals surface area contributed by atoms with Gasteiger partial charge in [0.15, 0.2) is 4.34 Å². The number of nitrogens with one attached hydrogen (secondary N) is 1. The first-order chi connectivity index (χ1) is 14.1. The number of halogens is 1. The van der Waals surface area contributed by atoms with Crippen LogP contribution in [0.15, 0.2) is 71.1 Å². The van der Waals surface area contributed by atoms with Crippen LogP contribution < -0.4 is 5.32 Å². The maximum atomic E-state index is 13.8. The molecule has 0 atom stereocenters. The number of fused-ring (bicyclic) bond motifs is 1. The van der Waals surface area contributed by atoms with Crippen LogP contribution in [0.2, 0.25) is 0 Å². The molecular weight excluding hydrogens is 405 g/mol. The van der Waals surface area contributed by atoms with Gasteiger partial charge in [0.25, 0.3) is 5.91 Å². The lowest BCUT2D eigenvalue weighted by molar-refractivity contribution is 0.102. The van der Waals surface area contributed by atoms with Crippen LogP contribution in [-0.2, 0) is 5.75 Å². The van der Waals surface area contributed by atoms with Crippen LogP contribution in [-0.4, -0.2) is 10.9 Å². The standard InChI is InChI=1S/C22H14FN3OS2/c23-18-8-4-3-7-17(18)21(27)25-16-9-10-19-20(11-16)29-22(26-19)28-13-15-6-2-1-5-14(15)12-24/h1-11H,13H2,(H,25,27). The van der Waals surface area contributed by atoms with Gasteiger partial charge in [0, 0.05) is 11.4 Å². The molecule has 0 radical (unpaired) electrons. The Morgan fingerprint density at radius 2 is 1.93 bits per heavy atom. The highest BCUT2D eigenvalue weighted by molar-refractivity contribution is 8.00. The van der Waals surface area contributed by atoms with Crippen molar-refractivity contribution in [1.82, 2.24) is 4.98 Å². The molecule has 0 aliphatic heterocycles. The Hall–Kier alpha value is -3.21. The largest absolute Gasteiger partial charge is 0.322 e. The Kier molecular flexibility index (Phi) is 5.56. The van der Waals surface area contributed by atoms with Crippen molar-refractivity contribution in [1.29, 1.82) is 5.26 Å². The average Bonchev–Trinajstić information content (AvgIpc) is 3.15. The molecule has 0 bridgehead atoms. The first kappa shape index (κ1) is 19.1. The van der Waals surface area contributed by atoms with Crippen LogP contribution >= 0.6 is 23.1 Å². The van der Waals surface area contributed by atoms with Gasteiger partial charge in [-0.3, -0.25) is 4.79 Å². The molecule has 4 rings (SSSR count). The van der Waals surface area contributed by atoms with Crippen LogP contribution in [0.1, 0.15) is 21.5 Å². The number of hydrogen-bond donors (Lipinski definition) is 1. The molecule has 29 heavy (non-hydrogen) atoms. The van der Waals surface area contributed by atoms with Crippen molar-refractivity contribution in [2.75, 3.05) is 5.32 Å². The first-order valence-electron chi connectivity index (χ1n) is 8.71. The molecule has 0 spiro atoms. The van der Waals surface area contributed by atoms with E-state index in [2.05, 4.69) is 16.4 Å². The van der Waals surface area contributed by atoms with Crippen molar-refractivity contribution in [2.24, 2.45) is 0 Å². The lowest BCUT2D eigenvalue weighted by Gasteiger charge is -2.05. The number of anilines is 1. The number of rotatable bonds is 5. The number of hydrogen-bond acceptors (Lipinski definition) is 5. The van der Waals surface area contributed by atoms with E-state index in [1.165, 1.54) is 23.5 Å². The summed E-state index contributed by atoms with van der Waals surface area (Å²) in [5.41, 5.74) is 3.05. The highest BCUT2D eigenvalue weighted by Crippen LogP contribution is 2.33. The topological polar surface area (TPSA) is 65.8 Å². The van der Waals surface area contributed by atoms with E-state index in [-0.39, 0.29) is 5.56 Å². The molecule has 1 amide bonds. The molecule has 0 aliphatic carbocycles. The fraction of sp³-hybridized carbons (Fsp3) is 0.0455. The maximum absolute atomic E-state index is 13.8. The monoisotopic (exact) mass is 419 g/mol. The summed E-state index contributed by atoms with van der Waals surface area (Å²) in [7, 11) is 0. The zero-order valence-corrected chi connectivity index (χ0v) is 16.7. The van der Waals surface area contributed by atoms with Crippen molar-refractivity contribution >= 4 is 44.9 Å². The average molecular weight is 420 g/mol. The Labute approximate surface area is 175 Å². The Morgan fingerprint density at radius 1 is 1.14 bits per heavy atom. The van der Waals surface area contributed by atoms with E-state index in [0.717, 1.165) is 20.1 Å². The van der Waals surface area contributed by atoms with Gasteiger partial charge in [-0.15, -0.1) is 11.3 Å². The lowest BCUT2D eigenvalue weighted by atomic mass is 10.1. The fourth-order valence-corrected chi connectivity index (χ4v) is 4.89. The van der Waals surface area contributed by atoms with E-state index >= 15 is 0 Å². The SMILES string of the molecule is N#Cc1ccccc1CSc1nc2ccc(NC(=O)c3ccccc3F)cc2s1. The minimum atomic E-state index is -0.555. The predicted molar refractivity (Wildman–Crippen MR) is 115 cm³/mol. The number of nitriles is 1. The summed E-state index contributed by atoms with van der Waals surface area (Å²) in [6.45, 7) is 0. The molecule has 1 aromatic heterocycles. The molecule has 0 saturated heterocycles. The second kappa shape index (κ2) is 8.43. The minimum Gasteiger partial charge on any atom is -0.322 e. The number of carbonyl (C=O) groups excluding carboxylic acids is 1. The van der Waals surface area contributed by atoms with Crippen molar-refractivity contribution in [2.45, 2.75) is 10.1 Å². The molecule has 0 fully saturated rings. The van der Waals surface area contributed by atoms with E-state index in [4.69, 9.17) is 0 Å². The van der Waals surface area contributed by atoms with Gasteiger partial charge in [0.1, 0.15) is 5.82 Å². The van der Waals surface area contributed by atoms with E-state index < -0.39 is 11.7 Å². The number of benzene rings is 3. The normalized spacial score (nSPS) is 10.6. The molecule has 4 aromatic rings. The number of thioether (sulfide) groups is 1. The third-order valence-electron chi connectivity index (χ3n) is 4.23. The molecule has 1 N–H and O–H groups in total. The van der Waals surface area contributed by atoms with E-state index in [1.54, 1.807) is 36.0 Å². The zero-order valence-electron chi connectivity index (χ0n) is 15.1. The second-order valence-corrected chi connectivity index (χ2v) is 8.41. The van der Waals surface area contributed by atoms with Crippen LogP contribution in [0, 0.1) is 17.1 Å². The van der Waals surface area contributed by atoms with E-state index in [1.807, 2.05) is 30.3 Å². The van der Waals surface area contributed by atoms with Gasteiger partial charge < -0.3 is 5.32 Å². The van der Waals surface area contributed by atoms with E-state index in [0.29, 0.717) is 17.0 Å². The third kappa shape index (κ3) is 4.29. The molecule has 3 aromatic carbocycles. The minimum absolute atomic E-state index is 0.00399. The maximum Gasteiger partial charge on any atom is 0.258 e. The predicted octanol–water partition coefficient (Wildman–Crippen LogP) is 5.85. The lowest BCUT2D eigenvalue weighted by Crippen LogP contribution is -2.13. The molecule has 0 unspecified atom stereocenters. The van der Waals surface area contributed by atoms with Gasteiger partial charge >= 0.3 is 0 Å². The summed E-state index contributed by atoms with van der Waals surface area (Å²) in [6.07, 6.45) is 0. The fourth-order valence-electron chi connectivity index (χ4n) is 2.78. The number of thiazole rings is 1. The Morgan fingerprint density at radius 3 is 2.76 bits per heavy atom. The first-order valence-corrected chi connectivity index (χ1v) is 10.5. The summed E-state index contributed by atoms with van der Waals surface area (Å²) in [6, 6.07) is 21.0. The Balaban J connectivity index is 1.50. The molecular formula is C22H14FN3OS2. The van der Waals surface area contributed by atoms with Crippen LogP contribution in [0.4, 0.5) is 10.1 Å². The van der Waals surface area contributed by atoms with Gasteiger partial charge in [-0.1, -0.05) is 42.1 Å². The summed E-state index contributed by atoms with van der Waals surface area (Å²) < 4.78 is 15.6. The van der Waals surface area contributed by atoms with Crippen LogP contribution in [0.3, 0.4) is 0 Å². The van der Waals surface area contributed by atoms with Crippen molar-refractivity contribution in [3.05, 3.63) is 89.2 Å². The summed E-state index contributed by atoms with van der Waals surface area (Å²) in [5.74, 6) is -0.393. The number of carbonyl (C=O) groups is 1. The molecule has 0 saturated carbocycles. The smallest absolute Gasteiger partial charge is 0.258 e. The third-order valence-corrected chi connectivity index (χ3v) is 6.44. The summed E-state index contributed by atoms with van der Waals surface area (Å²) in [4.78, 5) is 16.9.